The molecule has 9 heteroatoms. The molecule has 0 spiro atoms. The van der Waals surface area contributed by atoms with Gasteiger partial charge in [-0.3, -0.25) is 0 Å². The van der Waals surface area contributed by atoms with E-state index in [1.54, 1.807) is 13.8 Å². The molecule has 1 N–H and O–H groups in total. The zero-order valence-corrected chi connectivity index (χ0v) is 16.3. The Bertz CT molecular complexity index is 764. The molecule has 1 saturated carbocycles. The molecule has 3 nitrogen and oxygen atoms in total. The minimum absolute atomic E-state index is 0.0926. The second-order valence-electron chi connectivity index (χ2n) is 6.90. The highest BCUT2D eigenvalue weighted by Crippen LogP contribution is 2.45. The summed E-state index contributed by atoms with van der Waals surface area (Å²) in [6.07, 6.45) is -5.78. The van der Waals surface area contributed by atoms with Crippen molar-refractivity contribution in [2.45, 2.75) is 58.6 Å². The van der Waals surface area contributed by atoms with Gasteiger partial charge in [0.25, 0.3) is 6.43 Å². The fourth-order valence-corrected chi connectivity index (χ4v) is 4.13. The molecular weight excluding hydrogens is 437 g/mol. The van der Waals surface area contributed by atoms with Gasteiger partial charge in [0, 0.05) is 10.0 Å². The number of halogens is 6. The number of allylic oxidation sites excluding steroid dienone is 1. The van der Waals surface area contributed by atoms with Crippen molar-refractivity contribution in [1.82, 2.24) is 4.98 Å². The molecule has 0 atom stereocenters. The third-order valence-corrected chi connectivity index (χ3v) is 5.32. The van der Waals surface area contributed by atoms with E-state index in [0.717, 1.165) is 12.8 Å². The molecule has 0 aromatic carbocycles. The summed E-state index contributed by atoms with van der Waals surface area (Å²) in [7, 11) is 0. The molecule has 0 bridgehead atoms. The van der Waals surface area contributed by atoms with E-state index in [9.17, 15) is 31.9 Å². The van der Waals surface area contributed by atoms with Crippen LogP contribution in [0.25, 0.3) is 4.48 Å². The molecule has 0 amide bonds. The predicted octanol–water partition coefficient (Wildman–Crippen LogP) is 6.61. The number of alkyl halides is 5. The number of nitrogens with zero attached hydrogens (tertiary/aromatic N) is 1. The average Bonchev–Trinajstić information content (AvgIpc) is 3.05. The van der Waals surface area contributed by atoms with Gasteiger partial charge in [-0.15, -0.1) is 0 Å². The van der Waals surface area contributed by atoms with Crippen LogP contribution in [0.3, 0.4) is 0 Å². The molecule has 0 aliphatic heterocycles. The van der Waals surface area contributed by atoms with Crippen LogP contribution in [-0.2, 0) is 12.6 Å². The SMILES string of the molecule is CC(C)Cc1c(C(=O)O)c(C(F)F)nc(C(F)(F)F)c1C(Br)=C1CCCC1. The van der Waals surface area contributed by atoms with Crippen LogP contribution in [0, 0.1) is 5.92 Å². The third-order valence-electron chi connectivity index (χ3n) is 4.37. The summed E-state index contributed by atoms with van der Waals surface area (Å²) in [5.74, 6) is -1.95. The van der Waals surface area contributed by atoms with E-state index in [2.05, 4.69) is 20.9 Å². The normalized spacial score (nSPS) is 15.1. The fraction of sp³-hybridized carbons (Fsp3) is 0.556. The largest absolute Gasteiger partial charge is 0.478 e. The Labute approximate surface area is 161 Å². The number of hydrogen-bond donors (Lipinski definition) is 1. The summed E-state index contributed by atoms with van der Waals surface area (Å²) in [6, 6.07) is 0. The minimum atomic E-state index is -5.00. The summed E-state index contributed by atoms with van der Waals surface area (Å²) >= 11 is 3.20. The van der Waals surface area contributed by atoms with Crippen molar-refractivity contribution in [3.8, 4) is 0 Å². The van der Waals surface area contributed by atoms with E-state index < -0.39 is 41.1 Å². The van der Waals surface area contributed by atoms with Crippen molar-refractivity contribution >= 4 is 26.4 Å². The Balaban J connectivity index is 2.98. The highest BCUT2D eigenvalue weighted by atomic mass is 79.9. The Kier molecular flexibility index (Phi) is 6.65. The van der Waals surface area contributed by atoms with Crippen LogP contribution < -0.4 is 0 Å². The van der Waals surface area contributed by atoms with Gasteiger partial charge in [-0.1, -0.05) is 35.4 Å². The molecule has 1 fully saturated rings. The zero-order chi connectivity index (χ0) is 20.5. The monoisotopic (exact) mass is 455 g/mol. The number of aromatic nitrogens is 1. The molecular formula is C18H19BrF5NO2. The van der Waals surface area contributed by atoms with E-state index in [0.29, 0.717) is 18.4 Å². The number of hydrogen-bond acceptors (Lipinski definition) is 2. The minimum Gasteiger partial charge on any atom is -0.478 e. The number of carboxylic acids is 1. The lowest BCUT2D eigenvalue weighted by molar-refractivity contribution is -0.141. The maximum atomic E-state index is 13.7. The average molecular weight is 456 g/mol. The van der Waals surface area contributed by atoms with Crippen molar-refractivity contribution in [3.05, 3.63) is 33.7 Å². The van der Waals surface area contributed by atoms with Crippen LogP contribution in [-0.4, -0.2) is 16.1 Å². The molecule has 27 heavy (non-hydrogen) atoms. The van der Waals surface area contributed by atoms with Gasteiger partial charge in [0.2, 0.25) is 0 Å². The van der Waals surface area contributed by atoms with Gasteiger partial charge in [0.15, 0.2) is 5.69 Å². The second-order valence-corrected chi connectivity index (χ2v) is 7.69. The lowest BCUT2D eigenvalue weighted by Gasteiger charge is -2.22. The van der Waals surface area contributed by atoms with Gasteiger partial charge in [-0.2, -0.15) is 13.2 Å². The van der Waals surface area contributed by atoms with Gasteiger partial charge < -0.3 is 5.11 Å². The van der Waals surface area contributed by atoms with Gasteiger partial charge in [-0.25, -0.2) is 18.6 Å². The summed E-state index contributed by atoms with van der Waals surface area (Å²) < 4.78 is 68.0. The number of rotatable bonds is 5. The standard InChI is InChI=1S/C18H19BrF5NO2/c1-8(2)7-10-11(13(19)9-5-3-4-6-9)15(18(22,23)24)25-14(16(20)21)12(10)17(26)27/h8,16H,3-7H2,1-2H3,(H,26,27). The lowest BCUT2D eigenvalue weighted by Crippen LogP contribution is -2.21. The van der Waals surface area contributed by atoms with Gasteiger partial charge in [0.05, 0.1) is 5.56 Å². The van der Waals surface area contributed by atoms with Crippen LogP contribution in [0.1, 0.15) is 78.8 Å². The first kappa shape index (κ1) is 21.8. The third kappa shape index (κ3) is 4.67. The summed E-state index contributed by atoms with van der Waals surface area (Å²) in [5.41, 5.74) is -3.60. The maximum absolute atomic E-state index is 13.7. The molecule has 0 unspecified atom stereocenters. The smallest absolute Gasteiger partial charge is 0.434 e. The first-order valence-corrected chi connectivity index (χ1v) is 9.27. The zero-order valence-electron chi connectivity index (χ0n) is 14.8. The van der Waals surface area contributed by atoms with Crippen LogP contribution in [0.5, 0.6) is 0 Å². The Morgan fingerprint density at radius 1 is 1.19 bits per heavy atom. The van der Waals surface area contributed by atoms with Gasteiger partial charge >= 0.3 is 12.1 Å². The molecule has 1 aliphatic rings. The molecule has 2 rings (SSSR count). The number of carboxylic acid groups (broad SMARTS) is 1. The Hall–Kier alpha value is -1.51. The lowest BCUT2D eigenvalue weighted by atomic mass is 9.89. The van der Waals surface area contributed by atoms with E-state index in [-0.39, 0.29) is 22.4 Å². The van der Waals surface area contributed by atoms with Gasteiger partial charge in [-0.05, 0) is 43.6 Å². The molecule has 0 radical (unpaired) electrons. The van der Waals surface area contributed by atoms with Crippen LogP contribution in [0.2, 0.25) is 0 Å². The van der Waals surface area contributed by atoms with Crippen LogP contribution >= 0.6 is 15.9 Å². The molecule has 1 aromatic heterocycles. The summed E-state index contributed by atoms with van der Waals surface area (Å²) in [4.78, 5) is 14.8. The molecule has 0 saturated heterocycles. The van der Waals surface area contributed by atoms with Crippen molar-refractivity contribution in [2.24, 2.45) is 5.92 Å². The molecule has 1 aliphatic carbocycles. The summed E-state index contributed by atoms with van der Waals surface area (Å²) in [5, 5.41) is 9.49. The number of carbonyl (C=O) groups is 1. The Morgan fingerprint density at radius 3 is 2.15 bits per heavy atom. The van der Waals surface area contributed by atoms with E-state index in [4.69, 9.17) is 0 Å². The predicted molar refractivity (Wildman–Crippen MR) is 94.0 cm³/mol. The fourth-order valence-electron chi connectivity index (χ4n) is 3.30. The van der Waals surface area contributed by atoms with Crippen molar-refractivity contribution in [2.75, 3.05) is 0 Å². The van der Waals surface area contributed by atoms with Crippen molar-refractivity contribution < 1.29 is 31.9 Å². The Morgan fingerprint density at radius 2 is 1.74 bits per heavy atom. The second kappa shape index (κ2) is 8.24. The van der Waals surface area contributed by atoms with E-state index >= 15 is 0 Å². The molecule has 1 aromatic rings. The van der Waals surface area contributed by atoms with E-state index in [1.165, 1.54) is 0 Å². The summed E-state index contributed by atoms with van der Waals surface area (Å²) in [6.45, 7) is 3.36. The van der Waals surface area contributed by atoms with Crippen LogP contribution in [0.4, 0.5) is 22.0 Å². The topological polar surface area (TPSA) is 50.2 Å². The number of aromatic carboxylic acids is 1. The maximum Gasteiger partial charge on any atom is 0.434 e. The highest BCUT2D eigenvalue weighted by Gasteiger charge is 2.41. The first-order valence-electron chi connectivity index (χ1n) is 8.48. The number of pyridine rings is 1. The van der Waals surface area contributed by atoms with Crippen LogP contribution in [0.15, 0.2) is 5.57 Å². The highest BCUT2D eigenvalue weighted by molar-refractivity contribution is 9.15. The quantitative estimate of drug-likeness (QED) is 0.507. The first-order chi connectivity index (χ1) is 12.4. The molecule has 150 valence electrons. The molecule has 1 heterocycles. The van der Waals surface area contributed by atoms with Crippen molar-refractivity contribution in [3.63, 3.8) is 0 Å². The van der Waals surface area contributed by atoms with Crippen molar-refractivity contribution in [1.29, 1.82) is 0 Å². The van der Waals surface area contributed by atoms with E-state index in [1.807, 2.05) is 0 Å². The van der Waals surface area contributed by atoms with Gasteiger partial charge in [0.1, 0.15) is 5.69 Å².